The van der Waals surface area contributed by atoms with E-state index in [9.17, 15) is 0 Å². The van der Waals surface area contributed by atoms with Gasteiger partial charge in [0.1, 0.15) is 0 Å². The highest BCUT2D eigenvalue weighted by atomic mass is 15.3. The Hall–Kier alpha value is -0.830. The van der Waals surface area contributed by atoms with Crippen molar-refractivity contribution < 1.29 is 0 Å². The molecule has 0 amide bonds. The normalized spacial score (nSPS) is 26.5. The van der Waals surface area contributed by atoms with E-state index < -0.39 is 0 Å². The quantitative estimate of drug-likeness (QED) is 0.887. The molecule has 1 fully saturated rings. The average Bonchev–Trinajstić information content (AvgIpc) is 2.76. The zero-order chi connectivity index (χ0) is 13.1. The first kappa shape index (κ1) is 13.6. The minimum atomic E-state index is 0.391. The number of hydrogen-bond donors (Lipinski definition) is 1. The van der Waals surface area contributed by atoms with Crippen molar-refractivity contribution in [3.8, 4) is 0 Å². The molecule has 0 bridgehead atoms. The maximum absolute atomic E-state index is 4.26. The molecule has 0 aliphatic heterocycles. The molecule has 0 saturated heterocycles. The van der Waals surface area contributed by atoms with Crippen LogP contribution in [0.15, 0.2) is 12.3 Å². The zero-order valence-electron chi connectivity index (χ0n) is 12.2. The van der Waals surface area contributed by atoms with Gasteiger partial charge in [0.15, 0.2) is 0 Å². The van der Waals surface area contributed by atoms with Crippen LogP contribution >= 0.6 is 0 Å². The van der Waals surface area contributed by atoms with Gasteiger partial charge in [-0.2, -0.15) is 5.10 Å². The monoisotopic (exact) mass is 249 g/mol. The Morgan fingerprint density at radius 2 is 2.00 bits per heavy atom. The number of nitrogens with zero attached hydrogens (tertiary/aromatic N) is 2. The molecule has 1 aromatic rings. The highest BCUT2D eigenvalue weighted by molar-refractivity contribution is 5.06. The fourth-order valence-electron chi connectivity index (χ4n) is 3.38. The van der Waals surface area contributed by atoms with Gasteiger partial charge < -0.3 is 5.32 Å². The number of aryl methyl sites for hydroxylation is 1. The molecule has 3 unspecified atom stereocenters. The van der Waals surface area contributed by atoms with Gasteiger partial charge in [-0.05, 0) is 37.7 Å². The van der Waals surface area contributed by atoms with Crippen LogP contribution in [-0.4, -0.2) is 15.8 Å². The standard InChI is InChI=1S/C15H27N3/c1-11(2)13-7-5-6-8-14(13)17-12(3)15-9-10-16-18(15)4/h9-14,17H,5-8H2,1-4H3. The third kappa shape index (κ3) is 2.94. The summed E-state index contributed by atoms with van der Waals surface area (Å²) in [6.07, 6.45) is 7.37. The predicted molar refractivity (Wildman–Crippen MR) is 75.3 cm³/mol. The van der Waals surface area contributed by atoms with Crippen LogP contribution in [0.25, 0.3) is 0 Å². The van der Waals surface area contributed by atoms with E-state index in [-0.39, 0.29) is 0 Å². The third-order valence-corrected chi connectivity index (χ3v) is 4.44. The maximum Gasteiger partial charge on any atom is 0.0547 e. The van der Waals surface area contributed by atoms with Crippen molar-refractivity contribution in [2.45, 2.75) is 58.5 Å². The molecule has 1 saturated carbocycles. The van der Waals surface area contributed by atoms with Crippen LogP contribution in [0, 0.1) is 11.8 Å². The lowest BCUT2D eigenvalue weighted by Gasteiger charge is -2.36. The van der Waals surface area contributed by atoms with Crippen LogP contribution in [0.1, 0.15) is 58.2 Å². The molecular formula is C15H27N3. The molecule has 2 rings (SSSR count). The molecule has 3 heteroatoms. The maximum atomic E-state index is 4.26. The topological polar surface area (TPSA) is 29.9 Å². The van der Waals surface area contributed by atoms with Crippen molar-refractivity contribution >= 4 is 0 Å². The Kier molecular flexibility index (Phi) is 4.44. The summed E-state index contributed by atoms with van der Waals surface area (Å²) >= 11 is 0. The SMILES string of the molecule is CC(NC1CCCCC1C(C)C)c1ccnn1C. The minimum absolute atomic E-state index is 0.391. The molecule has 18 heavy (non-hydrogen) atoms. The minimum Gasteiger partial charge on any atom is -0.306 e. The smallest absolute Gasteiger partial charge is 0.0547 e. The van der Waals surface area contributed by atoms with E-state index in [1.807, 2.05) is 17.9 Å². The Bertz CT molecular complexity index is 370. The van der Waals surface area contributed by atoms with Gasteiger partial charge in [-0.25, -0.2) is 0 Å². The lowest BCUT2D eigenvalue weighted by Crippen LogP contribution is -2.42. The van der Waals surface area contributed by atoms with Crippen molar-refractivity contribution in [2.24, 2.45) is 18.9 Å². The molecule has 1 heterocycles. The third-order valence-electron chi connectivity index (χ3n) is 4.44. The second-order valence-electron chi connectivity index (χ2n) is 6.07. The van der Waals surface area contributed by atoms with Crippen LogP contribution in [0.5, 0.6) is 0 Å². The summed E-state index contributed by atoms with van der Waals surface area (Å²) in [4.78, 5) is 0. The van der Waals surface area contributed by atoms with Gasteiger partial charge in [0.25, 0.3) is 0 Å². The van der Waals surface area contributed by atoms with Gasteiger partial charge in [0.05, 0.1) is 5.69 Å². The van der Waals surface area contributed by atoms with E-state index in [1.165, 1.54) is 31.4 Å². The molecular weight excluding hydrogens is 222 g/mol. The van der Waals surface area contributed by atoms with E-state index in [0.29, 0.717) is 12.1 Å². The van der Waals surface area contributed by atoms with Crippen LogP contribution in [-0.2, 0) is 7.05 Å². The second-order valence-corrected chi connectivity index (χ2v) is 6.07. The first-order valence-electron chi connectivity index (χ1n) is 7.33. The first-order valence-corrected chi connectivity index (χ1v) is 7.33. The molecule has 1 aliphatic rings. The number of rotatable bonds is 4. The van der Waals surface area contributed by atoms with E-state index in [1.54, 1.807) is 0 Å². The van der Waals surface area contributed by atoms with Crippen molar-refractivity contribution in [2.75, 3.05) is 0 Å². The van der Waals surface area contributed by atoms with Crippen molar-refractivity contribution in [1.29, 1.82) is 0 Å². The highest BCUT2D eigenvalue weighted by Gasteiger charge is 2.28. The summed E-state index contributed by atoms with van der Waals surface area (Å²) < 4.78 is 1.98. The summed E-state index contributed by atoms with van der Waals surface area (Å²) in [5.74, 6) is 1.61. The fourth-order valence-corrected chi connectivity index (χ4v) is 3.38. The number of aromatic nitrogens is 2. The summed E-state index contributed by atoms with van der Waals surface area (Å²) in [6, 6.07) is 3.18. The van der Waals surface area contributed by atoms with Crippen molar-refractivity contribution in [3.63, 3.8) is 0 Å². The Balaban J connectivity index is 2.01. The van der Waals surface area contributed by atoms with Gasteiger partial charge in [-0.1, -0.05) is 26.7 Å². The Morgan fingerprint density at radius 3 is 2.61 bits per heavy atom. The number of nitrogens with one attached hydrogen (secondary N) is 1. The lowest BCUT2D eigenvalue weighted by atomic mass is 9.77. The molecule has 1 N–H and O–H groups in total. The summed E-state index contributed by atoms with van der Waals surface area (Å²) in [5.41, 5.74) is 1.28. The van der Waals surface area contributed by atoms with E-state index in [0.717, 1.165) is 11.8 Å². The van der Waals surface area contributed by atoms with Crippen LogP contribution in [0.4, 0.5) is 0 Å². The summed E-state index contributed by atoms with van der Waals surface area (Å²) in [6.45, 7) is 6.97. The van der Waals surface area contributed by atoms with Crippen LogP contribution < -0.4 is 5.32 Å². The van der Waals surface area contributed by atoms with Gasteiger partial charge in [-0.15, -0.1) is 0 Å². The van der Waals surface area contributed by atoms with E-state index in [2.05, 4.69) is 37.3 Å². The Morgan fingerprint density at radius 1 is 1.28 bits per heavy atom. The van der Waals surface area contributed by atoms with Crippen molar-refractivity contribution in [3.05, 3.63) is 18.0 Å². The number of hydrogen-bond acceptors (Lipinski definition) is 2. The van der Waals surface area contributed by atoms with E-state index >= 15 is 0 Å². The van der Waals surface area contributed by atoms with Gasteiger partial charge in [-0.3, -0.25) is 4.68 Å². The second kappa shape index (κ2) is 5.87. The van der Waals surface area contributed by atoms with Crippen LogP contribution in [0.2, 0.25) is 0 Å². The summed E-state index contributed by atoms with van der Waals surface area (Å²) in [5, 5.41) is 8.09. The largest absolute Gasteiger partial charge is 0.306 e. The molecule has 1 aliphatic carbocycles. The lowest BCUT2D eigenvalue weighted by molar-refractivity contribution is 0.193. The van der Waals surface area contributed by atoms with Gasteiger partial charge in [0.2, 0.25) is 0 Å². The Labute approximate surface area is 111 Å². The fraction of sp³-hybridized carbons (Fsp3) is 0.800. The average molecular weight is 249 g/mol. The van der Waals surface area contributed by atoms with Gasteiger partial charge in [0, 0.05) is 25.3 Å². The predicted octanol–water partition coefficient (Wildman–Crippen LogP) is 3.29. The molecule has 102 valence electrons. The zero-order valence-corrected chi connectivity index (χ0v) is 12.2. The molecule has 3 atom stereocenters. The molecule has 0 radical (unpaired) electrons. The van der Waals surface area contributed by atoms with Crippen LogP contribution in [0.3, 0.4) is 0 Å². The molecule has 1 aromatic heterocycles. The first-order chi connectivity index (χ1) is 8.59. The van der Waals surface area contributed by atoms with E-state index in [4.69, 9.17) is 0 Å². The highest BCUT2D eigenvalue weighted by Crippen LogP contribution is 2.31. The molecule has 0 spiro atoms. The molecule has 3 nitrogen and oxygen atoms in total. The summed E-state index contributed by atoms with van der Waals surface area (Å²) in [7, 11) is 2.02. The van der Waals surface area contributed by atoms with Crippen molar-refractivity contribution in [1.82, 2.24) is 15.1 Å². The van der Waals surface area contributed by atoms with Gasteiger partial charge >= 0.3 is 0 Å². The molecule has 0 aromatic carbocycles.